The lowest BCUT2D eigenvalue weighted by atomic mass is 10.2. The molecule has 0 unspecified atom stereocenters. The summed E-state index contributed by atoms with van der Waals surface area (Å²) < 4.78 is 13.0. The van der Waals surface area contributed by atoms with Crippen LogP contribution in [0.15, 0.2) is 24.3 Å². The van der Waals surface area contributed by atoms with Gasteiger partial charge in [0, 0.05) is 19.2 Å². The molecule has 0 saturated carbocycles. The van der Waals surface area contributed by atoms with Crippen LogP contribution in [0.1, 0.15) is 31.2 Å². The molecule has 1 heterocycles. The number of amides is 1. The van der Waals surface area contributed by atoms with Gasteiger partial charge in [-0.15, -0.1) is 0 Å². The third-order valence-corrected chi connectivity index (χ3v) is 3.36. The lowest BCUT2D eigenvalue weighted by Gasteiger charge is -2.17. The molecule has 2 rings (SSSR count). The van der Waals surface area contributed by atoms with Crippen LogP contribution in [-0.2, 0) is 4.79 Å². The number of likely N-dealkylation sites (tertiary alicyclic amines) is 1. The van der Waals surface area contributed by atoms with Gasteiger partial charge in [0.1, 0.15) is 5.82 Å². The van der Waals surface area contributed by atoms with Gasteiger partial charge in [0.05, 0.1) is 5.69 Å². The van der Waals surface area contributed by atoms with Crippen LogP contribution in [0, 0.1) is 5.82 Å². The molecule has 0 bridgehead atoms. The van der Waals surface area contributed by atoms with Crippen molar-refractivity contribution < 1.29 is 9.18 Å². The number of benzene rings is 1. The first-order chi connectivity index (χ1) is 9.16. The van der Waals surface area contributed by atoms with Gasteiger partial charge in [0.25, 0.3) is 0 Å². The maximum Gasteiger partial charge on any atom is 0.246 e. The summed E-state index contributed by atoms with van der Waals surface area (Å²) in [6, 6.07) is 4.45. The van der Waals surface area contributed by atoms with Gasteiger partial charge in [-0.1, -0.05) is 18.9 Å². The monoisotopic (exact) mass is 262 g/mol. The first-order valence-electron chi connectivity index (χ1n) is 6.69. The Labute approximate surface area is 112 Å². The number of hydrogen-bond donors (Lipinski definition) is 1. The highest BCUT2D eigenvalue weighted by molar-refractivity contribution is 5.91. The van der Waals surface area contributed by atoms with Crippen molar-refractivity contribution in [3.8, 4) is 0 Å². The molecule has 1 fully saturated rings. The standard InChI is InChI=1S/C15H19FN2O/c16-13-7-5-12(11-14(13)17)6-8-15(19)18-9-3-1-2-4-10-18/h5-8,11H,1-4,9-10,17H2/b8-6+. The second kappa shape index (κ2) is 6.36. The van der Waals surface area contributed by atoms with Crippen LogP contribution in [0.3, 0.4) is 0 Å². The Balaban J connectivity index is 2.00. The van der Waals surface area contributed by atoms with Gasteiger partial charge in [-0.2, -0.15) is 0 Å². The highest BCUT2D eigenvalue weighted by atomic mass is 19.1. The first kappa shape index (κ1) is 13.6. The van der Waals surface area contributed by atoms with Crippen LogP contribution in [0.4, 0.5) is 10.1 Å². The average molecular weight is 262 g/mol. The molecule has 1 saturated heterocycles. The van der Waals surface area contributed by atoms with Gasteiger partial charge >= 0.3 is 0 Å². The van der Waals surface area contributed by atoms with E-state index in [4.69, 9.17) is 5.73 Å². The van der Waals surface area contributed by atoms with Crippen molar-refractivity contribution in [2.45, 2.75) is 25.7 Å². The van der Waals surface area contributed by atoms with Crippen LogP contribution < -0.4 is 5.73 Å². The number of nitrogens with zero attached hydrogens (tertiary/aromatic N) is 1. The summed E-state index contributed by atoms with van der Waals surface area (Å²) in [5, 5.41) is 0. The van der Waals surface area contributed by atoms with E-state index in [2.05, 4.69) is 0 Å². The Morgan fingerprint density at radius 3 is 2.53 bits per heavy atom. The fourth-order valence-electron chi connectivity index (χ4n) is 2.23. The fraction of sp³-hybridized carbons (Fsp3) is 0.400. The molecule has 0 aliphatic carbocycles. The minimum absolute atomic E-state index is 0.0183. The molecule has 1 aliphatic rings. The van der Waals surface area contributed by atoms with Crippen LogP contribution in [0.2, 0.25) is 0 Å². The zero-order valence-corrected chi connectivity index (χ0v) is 10.9. The van der Waals surface area contributed by atoms with Gasteiger partial charge < -0.3 is 10.6 Å². The molecule has 0 atom stereocenters. The summed E-state index contributed by atoms with van der Waals surface area (Å²) >= 11 is 0. The zero-order valence-electron chi connectivity index (χ0n) is 10.9. The van der Waals surface area contributed by atoms with Crippen molar-refractivity contribution >= 4 is 17.7 Å². The number of carbonyl (C=O) groups excluding carboxylic acids is 1. The SMILES string of the molecule is Nc1cc(/C=C/C(=O)N2CCCCCC2)ccc1F. The number of carbonyl (C=O) groups is 1. The molecule has 1 aliphatic heterocycles. The van der Waals surface area contributed by atoms with Gasteiger partial charge in [0.15, 0.2) is 0 Å². The van der Waals surface area contributed by atoms with Crippen molar-refractivity contribution in [3.63, 3.8) is 0 Å². The number of nitrogens with two attached hydrogens (primary N) is 1. The van der Waals surface area contributed by atoms with E-state index in [1.807, 2.05) is 4.90 Å². The van der Waals surface area contributed by atoms with Crippen molar-refractivity contribution in [2.75, 3.05) is 18.8 Å². The molecule has 0 aromatic heterocycles. The summed E-state index contributed by atoms with van der Waals surface area (Å²) in [7, 11) is 0. The lowest BCUT2D eigenvalue weighted by molar-refractivity contribution is -0.125. The van der Waals surface area contributed by atoms with Gasteiger partial charge in [0.2, 0.25) is 5.91 Å². The zero-order chi connectivity index (χ0) is 13.7. The number of hydrogen-bond acceptors (Lipinski definition) is 2. The van der Waals surface area contributed by atoms with Gasteiger partial charge in [-0.25, -0.2) is 4.39 Å². The highest BCUT2D eigenvalue weighted by Gasteiger charge is 2.12. The Morgan fingerprint density at radius 1 is 1.21 bits per heavy atom. The van der Waals surface area contributed by atoms with E-state index in [-0.39, 0.29) is 11.6 Å². The molecule has 102 valence electrons. The quantitative estimate of drug-likeness (QED) is 0.658. The maximum absolute atomic E-state index is 13.0. The Morgan fingerprint density at radius 2 is 1.89 bits per heavy atom. The van der Waals surface area contributed by atoms with Crippen LogP contribution in [-0.4, -0.2) is 23.9 Å². The van der Waals surface area contributed by atoms with Crippen LogP contribution in [0.25, 0.3) is 6.08 Å². The van der Waals surface area contributed by atoms with E-state index >= 15 is 0 Å². The molecule has 2 N–H and O–H groups in total. The number of halogens is 1. The van der Waals surface area contributed by atoms with E-state index in [0.717, 1.165) is 31.5 Å². The molecule has 1 aromatic carbocycles. The lowest BCUT2D eigenvalue weighted by Crippen LogP contribution is -2.30. The smallest absolute Gasteiger partial charge is 0.246 e. The summed E-state index contributed by atoms with van der Waals surface area (Å²) in [5.41, 5.74) is 6.33. The van der Waals surface area contributed by atoms with Crippen LogP contribution in [0.5, 0.6) is 0 Å². The average Bonchev–Trinajstić information content (AvgIpc) is 2.69. The molecule has 1 amide bonds. The van der Waals surface area contributed by atoms with Gasteiger partial charge in [-0.05, 0) is 36.6 Å². The van der Waals surface area contributed by atoms with E-state index in [9.17, 15) is 9.18 Å². The second-order valence-corrected chi connectivity index (χ2v) is 4.85. The summed E-state index contributed by atoms with van der Waals surface area (Å²) in [5.74, 6) is -0.416. The third-order valence-electron chi connectivity index (χ3n) is 3.36. The predicted octanol–water partition coefficient (Wildman–Crippen LogP) is 2.82. The Bertz CT molecular complexity index is 477. The normalized spacial score (nSPS) is 16.6. The largest absolute Gasteiger partial charge is 0.396 e. The highest BCUT2D eigenvalue weighted by Crippen LogP contribution is 2.14. The van der Waals surface area contributed by atoms with Gasteiger partial charge in [-0.3, -0.25) is 4.79 Å². The molecule has 4 heteroatoms. The van der Waals surface area contributed by atoms with Crippen molar-refractivity contribution in [1.29, 1.82) is 0 Å². The topological polar surface area (TPSA) is 46.3 Å². The van der Waals surface area contributed by atoms with E-state index in [1.165, 1.54) is 31.1 Å². The van der Waals surface area contributed by atoms with E-state index in [0.29, 0.717) is 0 Å². The predicted molar refractivity (Wildman–Crippen MR) is 74.9 cm³/mol. The number of rotatable bonds is 2. The molecular weight excluding hydrogens is 243 g/mol. The molecule has 0 spiro atoms. The fourth-order valence-corrected chi connectivity index (χ4v) is 2.23. The maximum atomic E-state index is 13.0. The summed E-state index contributed by atoms with van der Waals surface area (Å²) in [4.78, 5) is 13.9. The van der Waals surface area contributed by atoms with Crippen molar-refractivity contribution in [3.05, 3.63) is 35.7 Å². The molecule has 19 heavy (non-hydrogen) atoms. The minimum atomic E-state index is -0.434. The molecule has 3 nitrogen and oxygen atoms in total. The third kappa shape index (κ3) is 3.81. The summed E-state index contributed by atoms with van der Waals surface area (Å²) in [6.07, 6.45) is 7.76. The summed E-state index contributed by atoms with van der Waals surface area (Å²) in [6.45, 7) is 1.66. The minimum Gasteiger partial charge on any atom is -0.396 e. The van der Waals surface area contributed by atoms with Crippen molar-refractivity contribution in [2.24, 2.45) is 0 Å². The second-order valence-electron chi connectivity index (χ2n) is 4.85. The Kier molecular flexibility index (Phi) is 4.55. The first-order valence-corrected chi connectivity index (χ1v) is 6.69. The number of anilines is 1. The molecule has 1 aromatic rings. The molecular formula is C15H19FN2O. The Hall–Kier alpha value is -1.84. The molecule has 0 radical (unpaired) electrons. The van der Waals surface area contributed by atoms with Crippen molar-refractivity contribution in [1.82, 2.24) is 4.90 Å². The van der Waals surface area contributed by atoms with E-state index < -0.39 is 5.82 Å². The number of nitrogen functional groups attached to an aromatic ring is 1. The van der Waals surface area contributed by atoms with Crippen LogP contribution >= 0.6 is 0 Å². The van der Waals surface area contributed by atoms with E-state index in [1.54, 1.807) is 12.1 Å².